The van der Waals surface area contributed by atoms with E-state index in [1.165, 1.54) is 6.26 Å². The van der Waals surface area contributed by atoms with Crippen molar-refractivity contribution in [1.82, 2.24) is 15.1 Å². The number of ether oxygens (including phenoxy) is 1. The number of hydrogen-bond donors (Lipinski definition) is 1. The third-order valence-corrected chi connectivity index (χ3v) is 3.49. The number of rotatable bonds is 7. The Morgan fingerprint density at radius 3 is 2.88 bits per heavy atom. The SMILES string of the molecule is C[C@H](Cn1cccn1)NC(=O)c1occc1COc1ccccc1. The maximum absolute atomic E-state index is 12.4. The molecule has 24 heavy (non-hydrogen) atoms. The molecular weight excluding hydrogens is 306 g/mol. The van der Waals surface area contributed by atoms with Crippen molar-refractivity contribution in [3.05, 3.63) is 72.4 Å². The lowest BCUT2D eigenvalue weighted by molar-refractivity contribution is 0.0904. The van der Waals surface area contributed by atoms with Crippen molar-refractivity contribution in [2.45, 2.75) is 26.1 Å². The molecule has 0 aliphatic heterocycles. The summed E-state index contributed by atoms with van der Waals surface area (Å²) in [5.41, 5.74) is 0.711. The minimum atomic E-state index is -0.258. The molecule has 6 nitrogen and oxygen atoms in total. The summed E-state index contributed by atoms with van der Waals surface area (Å²) in [5.74, 6) is 0.765. The van der Waals surface area contributed by atoms with Crippen LogP contribution >= 0.6 is 0 Å². The molecule has 2 aromatic heterocycles. The summed E-state index contributed by atoms with van der Waals surface area (Å²) in [6.07, 6.45) is 5.06. The van der Waals surface area contributed by atoms with Crippen molar-refractivity contribution >= 4 is 5.91 Å². The smallest absolute Gasteiger partial charge is 0.287 e. The van der Waals surface area contributed by atoms with Crippen LogP contribution in [0.1, 0.15) is 23.0 Å². The first-order chi connectivity index (χ1) is 11.7. The van der Waals surface area contributed by atoms with Gasteiger partial charge >= 0.3 is 0 Å². The molecule has 0 bridgehead atoms. The van der Waals surface area contributed by atoms with Gasteiger partial charge in [-0.2, -0.15) is 5.10 Å². The summed E-state index contributed by atoms with van der Waals surface area (Å²) in [7, 11) is 0. The molecule has 0 spiro atoms. The fraction of sp³-hybridized carbons (Fsp3) is 0.222. The van der Waals surface area contributed by atoms with E-state index >= 15 is 0 Å². The second kappa shape index (κ2) is 7.50. The molecule has 0 fully saturated rings. The Morgan fingerprint density at radius 2 is 2.12 bits per heavy atom. The van der Waals surface area contributed by atoms with Gasteiger partial charge in [-0.15, -0.1) is 0 Å². The number of nitrogens with zero attached hydrogens (tertiary/aromatic N) is 2. The van der Waals surface area contributed by atoms with E-state index in [0.717, 1.165) is 5.75 Å². The van der Waals surface area contributed by atoms with E-state index in [9.17, 15) is 4.79 Å². The Kier molecular flexibility index (Phi) is 4.96. The lowest BCUT2D eigenvalue weighted by Crippen LogP contribution is -2.36. The molecule has 1 N–H and O–H groups in total. The van der Waals surface area contributed by atoms with E-state index in [-0.39, 0.29) is 24.3 Å². The van der Waals surface area contributed by atoms with Gasteiger partial charge in [0.15, 0.2) is 5.76 Å². The van der Waals surface area contributed by atoms with Crippen LogP contribution < -0.4 is 10.1 Å². The average molecular weight is 325 g/mol. The Balaban J connectivity index is 1.58. The van der Waals surface area contributed by atoms with Crippen molar-refractivity contribution in [1.29, 1.82) is 0 Å². The molecule has 1 atom stereocenters. The largest absolute Gasteiger partial charge is 0.489 e. The van der Waals surface area contributed by atoms with E-state index in [0.29, 0.717) is 12.1 Å². The van der Waals surface area contributed by atoms with Gasteiger partial charge in [0, 0.05) is 24.0 Å². The highest BCUT2D eigenvalue weighted by atomic mass is 16.5. The van der Waals surface area contributed by atoms with E-state index in [1.807, 2.05) is 49.5 Å². The third kappa shape index (κ3) is 4.04. The summed E-state index contributed by atoms with van der Waals surface area (Å²) >= 11 is 0. The molecule has 6 heteroatoms. The second-order valence-corrected chi connectivity index (χ2v) is 5.48. The molecule has 3 rings (SSSR count). The van der Waals surface area contributed by atoms with Crippen LogP contribution in [0.2, 0.25) is 0 Å². The van der Waals surface area contributed by atoms with Crippen molar-refractivity contribution in [2.75, 3.05) is 0 Å². The van der Waals surface area contributed by atoms with Gasteiger partial charge in [-0.05, 0) is 31.2 Å². The zero-order valence-corrected chi connectivity index (χ0v) is 13.4. The molecule has 124 valence electrons. The molecule has 0 aliphatic carbocycles. The van der Waals surface area contributed by atoms with Crippen LogP contribution in [0.4, 0.5) is 0 Å². The monoisotopic (exact) mass is 325 g/mol. The molecule has 2 heterocycles. The molecule has 1 amide bonds. The van der Waals surface area contributed by atoms with Crippen molar-refractivity contribution in [2.24, 2.45) is 0 Å². The summed E-state index contributed by atoms with van der Waals surface area (Å²) < 4.78 is 12.8. The van der Waals surface area contributed by atoms with E-state index in [4.69, 9.17) is 9.15 Å². The molecule has 1 aromatic carbocycles. The lowest BCUT2D eigenvalue weighted by Gasteiger charge is -2.13. The number of nitrogens with one attached hydrogen (secondary N) is 1. The van der Waals surface area contributed by atoms with E-state index in [1.54, 1.807) is 16.9 Å². The second-order valence-electron chi connectivity index (χ2n) is 5.48. The Morgan fingerprint density at radius 1 is 1.29 bits per heavy atom. The fourth-order valence-electron chi connectivity index (χ4n) is 2.35. The maximum Gasteiger partial charge on any atom is 0.287 e. The molecular formula is C18H19N3O3. The van der Waals surface area contributed by atoms with Gasteiger partial charge in [-0.3, -0.25) is 9.48 Å². The van der Waals surface area contributed by atoms with Crippen LogP contribution in [0.5, 0.6) is 5.75 Å². The summed E-state index contributed by atoms with van der Waals surface area (Å²) in [4.78, 5) is 12.4. The minimum absolute atomic E-state index is 0.0783. The normalized spacial score (nSPS) is 11.9. The lowest BCUT2D eigenvalue weighted by atomic mass is 10.2. The predicted molar refractivity (Wildman–Crippen MR) is 88.6 cm³/mol. The molecule has 3 aromatic rings. The average Bonchev–Trinajstić information content (AvgIpc) is 3.25. The van der Waals surface area contributed by atoms with Gasteiger partial charge in [-0.1, -0.05) is 18.2 Å². The number of furan rings is 1. The minimum Gasteiger partial charge on any atom is -0.489 e. The van der Waals surface area contributed by atoms with Crippen LogP contribution in [0.3, 0.4) is 0 Å². The molecule has 0 radical (unpaired) electrons. The third-order valence-electron chi connectivity index (χ3n) is 3.49. The summed E-state index contributed by atoms with van der Waals surface area (Å²) in [6.45, 7) is 2.79. The number of benzene rings is 1. The first-order valence-corrected chi connectivity index (χ1v) is 7.75. The van der Waals surface area contributed by atoms with Gasteiger partial charge in [0.05, 0.1) is 12.8 Å². The van der Waals surface area contributed by atoms with Gasteiger partial charge in [0.25, 0.3) is 5.91 Å². The first-order valence-electron chi connectivity index (χ1n) is 7.75. The summed E-state index contributed by atoms with van der Waals surface area (Å²) in [6, 6.07) is 13.0. The van der Waals surface area contributed by atoms with Crippen molar-refractivity contribution in [3.8, 4) is 5.75 Å². The number of aromatic nitrogens is 2. The number of amides is 1. The number of hydrogen-bond acceptors (Lipinski definition) is 4. The van der Waals surface area contributed by atoms with Crippen LogP contribution in [0, 0.1) is 0 Å². The molecule has 0 aliphatic rings. The maximum atomic E-state index is 12.4. The highest BCUT2D eigenvalue weighted by molar-refractivity contribution is 5.93. The zero-order valence-electron chi connectivity index (χ0n) is 13.4. The van der Waals surface area contributed by atoms with Crippen LogP contribution in [-0.2, 0) is 13.2 Å². The van der Waals surface area contributed by atoms with E-state index < -0.39 is 0 Å². The first kappa shape index (κ1) is 15.9. The number of carbonyl (C=O) groups excluding carboxylic acids is 1. The highest BCUT2D eigenvalue weighted by Gasteiger charge is 2.18. The van der Waals surface area contributed by atoms with Crippen LogP contribution in [-0.4, -0.2) is 21.7 Å². The topological polar surface area (TPSA) is 69.3 Å². The highest BCUT2D eigenvalue weighted by Crippen LogP contribution is 2.16. The number of carbonyl (C=O) groups is 1. The Hall–Kier alpha value is -3.02. The van der Waals surface area contributed by atoms with Gasteiger partial charge < -0.3 is 14.5 Å². The molecule has 0 saturated heterocycles. The van der Waals surface area contributed by atoms with Gasteiger partial charge in [0.2, 0.25) is 0 Å². The van der Waals surface area contributed by atoms with Crippen LogP contribution in [0.25, 0.3) is 0 Å². The summed E-state index contributed by atoms with van der Waals surface area (Å²) in [5, 5.41) is 7.04. The quantitative estimate of drug-likeness (QED) is 0.725. The molecule has 0 unspecified atom stereocenters. The number of para-hydroxylation sites is 1. The predicted octanol–water partition coefficient (Wildman–Crippen LogP) is 2.87. The standard InChI is InChI=1S/C18H19N3O3/c1-14(12-21-10-5-9-19-21)20-18(22)17-15(8-11-23-17)13-24-16-6-3-2-4-7-16/h2-11,14H,12-13H2,1H3,(H,20,22)/t14-/m1/s1. The van der Waals surface area contributed by atoms with Gasteiger partial charge in [0.1, 0.15) is 12.4 Å². The van der Waals surface area contributed by atoms with Crippen molar-refractivity contribution in [3.63, 3.8) is 0 Å². The zero-order chi connectivity index (χ0) is 16.8. The Labute approximate surface area is 140 Å². The fourth-order valence-corrected chi connectivity index (χ4v) is 2.35. The van der Waals surface area contributed by atoms with Crippen LogP contribution in [0.15, 0.2) is 65.5 Å². The Bertz CT molecular complexity index is 766. The van der Waals surface area contributed by atoms with E-state index in [2.05, 4.69) is 10.4 Å². The molecule has 0 saturated carbocycles. The van der Waals surface area contributed by atoms with Crippen molar-refractivity contribution < 1.29 is 13.9 Å². The van der Waals surface area contributed by atoms with Gasteiger partial charge in [-0.25, -0.2) is 0 Å².